The summed E-state index contributed by atoms with van der Waals surface area (Å²) >= 11 is 14.7. The minimum Gasteiger partial charge on any atom is -0.508 e. The molecule has 0 aromatic heterocycles. The molecule has 6 unspecified atom stereocenters. The number of nitrogens with zero attached hydrogens (tertiary/aromatic N) is 2. The van der Waals surface area contributed by atoms with Crippen molar-refractivity contribution in [1.29, 1.82) is 0 Å². The second-order valence-electron chi connectivity index (χ2n) is 12.5. The minimum atomic E-state index is -2.12. The van der Waals surface area contributed by atoms with Crippen molar-refractivity contribution in [1.82, 2.24) is 4.90 Å². The van der Waals surface area contributed by atoms with Crippen LogP contribution in [0, 0.1) is 23.6 Å². The highest BCUT2D eigenvalue weighted by Crippen LogP contribution is 2.66. The number of hydrogen-bond donors (Lipinski definition) is 1. The van der Waals surface area contributed by atoms with E-state index in [1.807, 2.05) is 6.08 Å². The van der Waals surface area contributed by atoms with E-state index in [-0.39, 0.29) is 47.7 Å². The smallest absolute Gasteiger partial charge is 0.258 e. The Morgan fingerprint density at radius 3 is 2.30 bits per heavy atom. The predicted molar refractivity (Wildman–Crippen MR) is 160 cm³/mol. The van der Waals surface area contributed by atoms with Crippen LogP contribution in [-0.2, 0) is 19.2 Å². The van der Waals surface area contributed by atoms with Crippen LogP contribution in [0.2, 0.25) is 0 Å². The summed E-state index contributed by atoms with van der Waals surface area (Å²) in [6.07, 6.45) is 6.39. The van der Waals surface area contributed by atoms with E-state index in [0.29, 0.717) is 11.3 Å². The van der Waals surface area contributed by atoms with Gasteiger partial charge >= 0.3 is 0 Å². The second kappa shape index (κ2) is 10.3. The summed E-state index contributed by atoms with van der Waals surface area (Å²) in [5.41, 5.74) is 0.925. The summed E-state index contributed by atoms with van der Waals surface area (Å²) < 4.78 is 19.1. The molecule has 1 N–H and O–H groups in total. The Kier molecular flexibility index (Phi) is 6.86. The van der Waals surface area contributed by atoms with Crippen molar-refractivity contribution in [2.75, 3.05) is 12.0 Å². The fourth-order valence-corrected chi connectivity index (χ4v) is 9.29. The van der Waals surface area contributed by atoms with Gasteiger partial charge in [-0.05, 0) is 61.9 Å². The maximum absolute atomic E-state index is 14.4. The lowest BCUT2D eigenvalue weighted by atomic mass is 9.56. The molecule has 2 aromatic rings. The van der Waals surface area contributed by atoms with Crippen LogP contribution in [0.3, 0.4) is 0 Å². The van der Waals surface area contributed by atoms with Crippen molar-refractivity contribution in [3.63, 3.8) is 0 Å². The molecule has 5 aliphatic rings. The van der Waals surface area contributed by atoms with Gasteiger partial charge in [0.2, 0.25) is 11.8 Å². The number of likely N-dealkylation sites (tertiary alicyclic amines) is 1. The number of alkyl halides is 2. The van der Waals surface area contributed by atoms with Crippen LogP contribution in [-0.4, -0.2) is 56.5 Å². The zero-order chi connectivity index (χ0) is 31.1. The SMILES string of the molecule is COc1ccc(C2C3=CCC4C(=O)N(C5CCCCC5)C(=O)C4C3CC3(Cl)C(=O)N(c4ccc(F)cc4)C(=O)C23Cl)c(O)c1. The van der Waals surface area contributed by atoms with Crippen molar-refractivity contribution in [3.05, 3.63) is 65.5 Å². The van der Waals surface area contributed by atoms with Gasteiger partial charge in [-0.1, -0.05) is 37.0 Å². The molecule has 3 aliphatic carbocycles. The predicted octanol–water partition coefficient (Wildman–Crippen LogP) is 5.44. The van der Waals surface area contributed by atoms with E-state index in [1.54, 1.807) is 12.1 Å². The summed E-state index contributed by atoms with van der Waals surface area (Å²) in [5.74, 6) is -5.75. The first-order valence-corrected chi connectivity index (χ1v) is 15.7. The normalized spacial score (nSPS) is 33.7. The fourth-order valence-electron chi connectivity index (χ4n) is 8.36. The monoisotopic (exact) mass is 640 g/mol. The first kappa shape index (κ1) is 29.3. The molecule has 4 amide bonds. The van der Waals surface area contributed by atoms with Gasteiger partial charge in [-0.25, -0.2) is 9.29 Å². The Morgan fingerprint density at radius 2 is 1.64 bits per heavy atom. The highest BCUT2D eigenvalue weighted by molar-refractivity contribution is 6.58. The lowest BCUT2D eigenvalue weighted by molar-refractivity contribution is -0.143. The van der Waals surface area contributed by atoms with Gasteiger partial charge in [-0.3, -0.25) is 24.1 Å². The minimum absolute atomic E-state index is 0.0963. The molecular formula is C33H31Cl2FN2O6. The molecule has 2 aromatic carbocycles. The molecule has 230 valence electrons. The molecule has 6 atom stereocenters. The van der Waals surface area contributed by atoms with Crippen LogP contribution in [0.15, 0.2) is 54.1 Å². The number of amides is 4. The molecule has 0 spiro atoms. The van der Waals surface area contributed by atoms with E-state index in [2.05, 4.69) is 0 Å². The molecule has 2 saturated heterocycles. The third kappa shape index (κ3) is 3.87. The standard InChI is InChI=1S/C33H31Cl2FN2O6/c1-44-20-11-12-22(25(39)15-20)27-21-13-14-23-26(29(41)37(28(23)40)18-5-3-2-4-6-18)24(21)16-32(34)30(42)38(31(43)33(27,32)35)19-9-7-17(36)8-10-19/h7-13,15,18,23-24,26-27,39H,2-6,14,16H2,1H3. The number of fused-ring (bicyclic) bond motifs is 4. The Bertz CT molecular complexity index is 1620. The van der Waals surface area contributed by atoms with Crippen LogP contribution in [0.25, 0.3) is 0 Å². The molecular weight excluding hydrogens is 610 g/mol. The first-order chi connectivity index (χ1) is 21.0. The third-order valence-corrected chi connectivity index (χ3v) is 11.8. The van der Waals surface area contributed by atoms with Crippen molar-refractivity contribution in [2.45, 2.75) is 66.7 Å². The van der Waals surface area contributed by atoms with Crippen molar-refractivity contribution < 1.29 is 33.4 Å². The third-order valence-electron chi connectivity index (χ3n) is 10.4. The highest BCUT2D eigenvalue weighted by atomic mass is 35.5. The van der Waals surface area contributed by atoms with Gasteiger partial charge in [0.15, 0.2) is 9.75 Å². The van der Waals surface area contributed by atoms with Gasteiger partial charge in [-0.15, -0.1) is 23.2 Å². The molecule has 44 heavy (non-hydrogen) atoms. The van der Waals surface area contributed by atoms with Gasteiger partial charge in [0.25, 0.3) is 11.8 Å². The lowest BCUT2D eigenvalue weighted by Crippen LogP contribution is -2.60. The largest absolute Gasteiger partial charge is 0.508 e. The van der Waals surface area contributed by atoms with Gasteiger partial charge < -0.3 is 9.84 Å². The topological polar surface area (TPSA) is 104 Å². The number of rotatable bonds is 4. The van der Waals surface area contributed by atoms with Crippen LogP contribution in [0.5, 0.6) is 11.5 Å². The van der Waals surface area contributed by atoms with Gasteiger partial charge in [0.05, 0.1) is 24.6 Å². The van der Waals surface area contributed by atoms with E-state index >= 15 is 0 Å². The number of phenolic OH excluding ortho intramolecular Hbond substituents is 1. The Balaban J connectivity index is 1.39. The summed E-state index contributed by atoms with van der Waals surface area (Å²) in [6.45, 7) is 0. The molecule has 0 radical (unpaired) electrons. The molecule has 11 heteroatoms. The number of allylic oxidation sites excluding steroid dienone is 2. The maximum atomic E-state index is 14.4. The molecule has 7 rings (SSSR count). The number of carbonyl (C=O) groups excluding carboxylic acids is 4. The Morgan fingerprint density at radius 1 is 0.932 bits per heavy atom. The zero-order valence-electron chi connectivity index (χ0n) is 24.0. The van der Waals surface area contributed by atoms with Gasteiger partial charge in [0, 0.05) is 23.6 Å². The quantitative estimate of drug-likeness (QED) is 0.271. The summed E-state index contributed by atoms with van der Waals surface area (Å²) in [7, 11) is 1.45. The molecule has 4 fully saturated rings. The maximum Gasteiger partial charge on any atom is 0.258 e. The van der Waals surface area contributed by atoms with E-state index in [4.69, 9.17) is 27.9 Å². The number of anilines is 1. The number of aromatic hydroxyl groups is 1. The van der Waals surface area contributed by atoms with E-state index in [9.17, 15) is 28.7 Å². The van der Waals surface area contributed by atoms with Crippen molar-refractivity contribution in [3.8, 4) is 11.5 Å². The number of phenols is 1. The van der Waals surface area contributed by atoms with E-state index in [1.165, 1.54) is 30.2 Å². The van der Waals surface area contributed by atoms with Crippen LogP contribution >= 0.6 is 23.2 Å². The first-order valence-electron chi connectivity index (χ1n) is 15.0. The number of imide groups is 2. The fraction of sp³-hybridized carbons (Fsp3) is 0.455. The van der Waals surface area contributed by atoms with Crippen molar-refractivity contribution >= 4 is 52.5 Å². The van der Waals surface area contributed by atoms with Crippen LogP contribution in [0.1, 0.15) is 56.4 Å². The Labute approximate surface area is 263 Å². The van der Waals surface area contributed by atoms with Crippen molar-refractivity contribution in [2.24, 2.45) is 17.8 Å². The number of hydrogen-bond acceptors (Lipinski definition) is 6. The molecule has 2 heterocycles. The number of halogens is 3. The van der Waals surface area contributed by atoms with E-state index < -0.39 is 51.1 Å². The molecule has 2 aliphatic heterocycles. The highest BCUT2D eigenvalue weighted by Gasteiger charge is 2.77. The van der Waals surface area contributed by atoms with E-state index in [0.717, 1.165) is 49.1 Å². The number of benzene rings is 2. The molecule has 0 bridgehead atoms. The summed E-state index contributed by atoms with van der Waals surface area (Å²) in [4.78, 5) is 54.8. The summed E-state index contributed by atoms with van der Waals surface area (Å²) in [5, 5.41) is 11.3. The molecule has 2 saturated carbocycles. The second-order valence-corrected chi connectivity index (χ2v) is 13.8. The average Bonchev–Trinajstić information content (AvgIpc) is 3.36. The lowest BCUT2D eigenvalue weighted by Gasteiger charge is -2.50. The van der Waals surface area contributed by atoms with Crippen LogP contribution in [0.4, 0.5) is 10.1 Å². The Hall–Kier alpha value is -3.43. The zero-order valence-corrected chi connectivity index (χ0v) is 25.5. The number of ether oxygens (including phenoxy) is 1. The van der Waals surface area contributed by atoms with Gasteiger partial charge in [-0.2, -0.15) is 0 Å². The number of methoxy groups -OCH3 is 1. The summed E-state index contributed by atoms with van der Waals surface area (Å²) in [6, 6.07) is 9.25. The molecule has 8 nitrogen and oxygen atoms in total. The average molecular weight is 642 g/mol. The number of carbonyl (C=O) groups is 4. The van der Waals surface area contributed by atoms with Gasteiger partial charge in [0.1, 0.15) is 17.3 Å². The van der Waals surface area contributed by atoms with Crippen LogP contribution < -0.4 is 9.64 Å².